The van der Waals surface area contributed by atoms with E-state index in [2.05, 4.69) is 63.1 Å². The molecule has 2 aromatic carbocycles. The summed E-state index contributed by atoms with van der Waals surface area (Å²) in [7, 11) is -3.14. The van der Waals surface area contributed by atoms with Crippen molar-refractivity contribution >= 4 is 15.7 Å². The van der Waals surface area contributed by atoms with Gasteiger partial charge in [0.1, 0.15) is 0 Å². The fraction of sp³-hybridized carbons (Fsp3) is 0.556. The molecule has 33 heavy (non-hydrogen) atoms. The number of fused-ring (bicyclic) bond motifs is 1. The zero-order chi connectivity index (χ0) is 22.4. The van der Waals surface area contributed by atoms with Crippen molar-refractivity contribution in [2.45, 2.75) is 56.5 Å². The summed E-state index contributed by atoms with van der Waals surface area (Å²) in [5, 5.41) is 0. The molecular weight excluding hydrogens is 430 g/mol. The number of hydrogen-bond donors (Lipinski definition) is 1. The van der Waals surface area contributed by atoms with Gasteiger partial charge in [-0.05, 0) is 86.4 Å². The summed E-state index contributed by atoms with van der Waals surface area (Å²) in [6, 6.07) is 18.6. The first-order valence-electron chi connectivity index (χ1n) is 12.7. The largest absolute Gasteiger partial charge is 0.368 e. The van der Waals surface area contributed by atoms with Gasteiger partial charge in [-0.2, -0.15) is 0 Å². The van der Waals surface area contributed by atoms with E-state index < -0.39 is 10.0 Å². The van der Waals surface area contributed by atoms with Crippen LogP contribution < -0.4 is 9.62 Å². The Labute approximate surface area is 198 Å². The maximum absolute atomic E-state index is 12.3. The normalized spacial score (nSPS) is 25.9. The highest BCUT2D eigenvalue weighted by atomic mass is 32.2. The van der Waals surface area contributed by atoms with Crippen LogP contribution in [0, 0.1) is 5.92 Å². The zero-order valence-corrected chi connectivity index (χ0v) is 20.1. The lowest BCUT2D eigenvalue weighted by Gasteiger charge is -2.46. The molecule has 2 aromatic rings. The number of nitrogens with zero attached hydrogens (tertiary/aromatic N) is 2. The molecule has 0 spiro atoms. The number of aryl methyl sites for hydroxylation is 1. The summed E-state index contributed by atoms with van der Waals surface area (Å²) in [6.07, 6.45) is 6.95. The lowest BCUT2D eigenvalue weighted by atomic mass is 9.74. The van der Waals surface area contributed by atoms with Gasteiger partial charge < -0.3 is 4.90 Å². The van der Waals surface area contributed by atoms with Crippen LogP contribution in [0.15, 0.2) is 48.5 Å². The van der Waals surface area contributed by atoms with Crippen LogP contribution in [0.2, 0.25) is 0 Å². The Morgan fingerprint density at radius 1 is 0.970 bits per heavy atom. The fourth-order valence-electron chi connectivity index (χ4n) is 5.95. The third-order valence-corrected chi connectivity index (χ3v) is 9.71. The first-order valence-corrected chi connectivity index (χ1v) is 14.3. The molecule has 6 rings (SSSR count). The standard InChI is InChI=1S/C27H35N3O2S/c31-33(32,19-21-7-8-21)28-23-17-30(18-23)24-11-9-22-10-12-27(29-13-4-14-29)26(25(22)16-24)15-20-5-2-1-3-6-20/h1-3,5-6,9,11,16,21,23,26-28H,4,7-8,10,12-15,17-19H2/t26-,27+/m1/s1. The van der Waals surface area contributed by atoms with Crippen molar-refractivity contribution in [3.63, 3.8) is 0 Å². The molecule has 2 aliphatic heterocycles. The van der Waals surface area contributed by atoms with Crippen LogP contribution in [0.3, 0.4) is 0 Å². The summed E-state index contributed by atoms with van der Waals surface area (Å²) >= 11 is 0. The van der Waals surface area contributed by atoms with Gasteiger partial charge in [0.25, 0.3) is 0 Å². The molecule has 5 nitrogen and oxygen atoms in total. The smallest absolute Gasteiger partial charge is 0.212 e. The Bertz CT molecular complexity index is 1090. The highest BCUT2D eigenvalue weighted by Gasteiger charge is 2.37. The van der Waals surface area contributed by atoms with E-state index >= 15 is 0 Å². The zero-order valence-electron chi connectivity index (χ0n) is 19.3. The molecule has 4 aliphatic rings. The predicted molar refractivity (Wildman–Crippen MR) is 133 cm³/mol. The van der Waals surface area contributed by atoms with Gasteiger partial charge in [-0.15, -0.1) is 0 Å². The molecule has 2 aliphatic carbocycles. The van der Waals surface area contributed by atoms with E-state index in [9.17, 15) is 8.42 Å². The molecule has 1 saturated carbocycles. The lowest BCUT2D eigenvalue weighted by Crippen LogP contribution is -2.59. The van der Waals surface area contributed by atoms with Gasteiger partial charge in [0, 0.05) is 30.7 Å². The monoisotopic (exact) mass is 465 g/mol. The van der Waals surface area contributed by atoms with Crippen LogP contribution >= 0.6 is 0 Å². The topological polar surface area (TPSA) is 52.7 Å². The summed E-state index contributed by atoms with van der Waals surface area (Å²) in [5.74, 6) is 1.22. The second-order valence-corrected chi connectivity index (χ2v) is 12.4. The van der Waals surface area contributed by atoms with Crippen LogP contribution in [-0.4, -0.2) is 57.3 Å². The highest BCUT2D eigenvalue weighted by molar-refractivity contribution is 7.89. The average Bonchev–Trinajstić information content (AvgIpc) is 3.54. The van der Waals surface area contributed by atoms with Crippen LogP contribution in [0.1, 0.15) is 48.3 Å². The highest BCUT2D eigenvalue weighted by Crippen LogP contribution is 2.41. The van der Waals surface area contributed by atoms with E-state index in [0.717, 1.165) is 38.8 Å². The number of anilines is 1. The third-order valence-electron chi connectivity index (χ3n) is 8.11. The van der Waals surface area contributed by atoms with Gasteiger partial charge in [0.2, 0.25) is 10.0 Å². The van der Waals surface area contributed by atoms with E-state index in [-0.39, 0.29) is 6.04 Å². The maximum Gasteiger partial charge on any atom is 0.212 e. The first kappa shape index (κ1) is 21.6. The molecule has 6 heteroatoms. The molecule has 0 amide bonds. The summed E-state index contributed by atoms with van der Waals surface area (Å²) in [5.41, 5.74) is 5.67. The molecule has 2 saturated heterocycles. The summed E-state index contributed by atoms with van der Waals surface area (Å²) in [4.78, 5) is 5.02. The Hall–Kier alpha value is -1.89. The second kappa shape index (κ2) is 8.71. The van der Waals surface area contributed by atoms with Gasteiger partial charge in [-0.3, -0.25) is 4.90 Å². The SMILES string of the molecule is O=S(=O)(CC1CC1)NC1CN(c2ccc3c(c2)[C@@H](Cc2ccccc2)[C@@H](N2CCC2)CC3)C1. The lowest BCUT2D eigenvalue weighted by molar-refractivity contribution is 0.0877. The third kappa shape index (κ3) is 4.71. The van der Waals surface area contributed by atoms with Gasteiger partial charge in [-0.25, -0.2) is 13.1 Å². The molecule has 0 bridgehead atoms. The molecule has 1 N–H and O–H groups in total. The number of hydrogen-bond acceptors (Lipinski definition) is 4. The maximum atomic E-state index is 12.3. The average molecular weight is 466 g/mol. The van der Waals surface area contributed by atoms with Crippen molar-refractivity contribution in [3.05, 3.63) is 65.2 Å². The van der Waals surface area contributed by atoms with Crippen molar-refractivity contribution in [2.24, 2.45) is 5.92 Å². The molecular formula is C27H35N3O2S. The van der Waals surface area contributed by atoms with Gasteiger partial charge >= 0.3 is 0 Å². The van der Waals surface area contributed by atoms with Gasteiger partial charge in [0.05, 0.1) is 11.8 Å². The predicted octanol–water partition coefficient (Wildman–Crippen LogP) is 3.55. The molecule has 176 valence electrons. The van der Waals surface area contributed by atoms with Crippen molar-refractivity contribution in [3.8, 4) is 0 Å². The number of nitrogens with one attached hydrogen (secondary N) is 1. The van der Waals surface area contributed by atoms with Crippen LogP contribution in [0.4, 0.5) is 5.69 Å². The van der Waals surface area contributed by atoms with E-state index in [0.29, 0.717) is 23.6 Å². The Kier molecular flexibility index (Phi) is 5.71. The number of benzene rings is 2. The number of rotatable bonds is 8. The van der Waals surface area contributed by atoms with E-state index in [4.69, 9.17) is 0 Å². The van der Waals surface area contributed by atoms with E-state index in [1.807, 2.05) is 0 Å². The molecule has 3 fully saturated rings. The fourth-order valence-corrected chi connectivity index (χ4v) is 7.66. The Morgan fingerprint density at radius 2 is 1.76 bits per heavy atom. The minimum atomic E-state index is -3.14. The second-order valence-electron chi connectivity index (χ2n) is 10.6. The Balaban J connectivity index is 1.19. The van der Waals surface area contributed by atoms with E-state index in [1.165, 1.54) is 48.3 Å². The summed E-state index contributed by atoms with van der Waals surface area (Å²) in [6.45, 7) is 4.00. The number of sulfonamides is 1. The number of likely N-dealkylation sites (tertiary alicyclic amines) is 1. The molecule has 0 unspecified atom stereocenters. The van der Waals surface area contributed by atoms with Crippen LogP contribution in [0.5, 0.6) is 0 Å². The first-order chi connectivity index (χ1) is 16.0. The summed E-state index contributed by atoms with van der Waals surface area (Å²) < 4.78 is 27.6. The van der Waals surface area contributed by atoms with Gasteiger partial charge in [0.15, 0.2) is 0 Å². The van der Waals surface area contributed by atoms with Crippen molar-refractivity contribution in [1.29, 1.82) is 0 Å². The molecule has 0 aromatic heterocycles. The van der Waals surface area contributed by atoms with Gasteiger partial charge in [-0.1, -0.05) is 36.4 Å². The quantitative estimate of drug-likeness (QED) is 0.648. The minimum absolute atomic E-state index is 0.0405. The van der Waals surface area contributed by atoms with Crippen molar-refractivity contribution in [2.75, 3.05) is 36.8 Å². The molecule has 2 atom stereocenters. The van der Waals surface area contributed by atoms with Crippen molar-refractivity contribution < 1.29 is 8.42 Å². The van der Waals surface area contributed by atoms with E-state index in [1.54, 1.807) is 0 Å². The molecule has 2 heterocycles. The minimum Gasteiger partial charge on any atom is -0.368 e. The van der Waals surface area contributed by atoms with Crippen molar-refractivity contribution in [1.82, 2.24) is 9.62 Å². The Morgan fingerprint density at radius 3 is 2.45 bits per heavy atom. The van der Waals surface area contributed by atoms with Crippen LogP contribution in [-0.2, 0) is 22.9 Å². The molecule has 0 radical (unpaired) electrons. The van der Waals surface area contributed by atoms with Crippen LogP contribution in [0.25, 0.3) is 0 Å².